The molecule has 1 unspecified atom stereocenters. The lowest BCUT2D eigenvalue weighted by atomic mass is 9.77. The lowest BCUT2D eigenvalue weighted by Gasteiger charge is -2.34. The first-order valence-electron chi connectivity index (χ1n) is 8.65. The molecule has 1 aliphatic carbocycles. The van der Waals surface area contributed by atoms with E-state index in [2.05, 4.69) is 51.8 Å². The summed E-state index contributed by atoms with van der Waals surface area (Å²) in [5.41, 5.74) is 1.36. The summed E-state index contributed by atoms with van der Waals surface area (Å²) in [6, 6.07) is 0.441. The van der Waals surface area contributed by atoms with Crippen molar-refractivity contribution in [2.24, 2.45) is 11.8 Å². The van der Waals surface area contributed by atoms with Crippen LogP contribution in [0.4, 0.5) is 0 Å². The van der Waals surface area contributed by atoms with Crippen molar-refractivity contribution in [2.75, 3.05) is 6.54 Å². The van der Waals surface area contributed by atoms with Crippen molar-refractivity contribution in [3.05, 3.63) is 16.4 Å². The highest BCUT2D eigenvalue weighted by molar-refractivity contribution is 9.10. The Morgan fingerprint density at radius 2 is 2.00 bits per heavy atom. The van der Waals surface area contributed by atoms with Crippen molar-refractivity contribution in [1.82, 2.24) is 15.1 Å². The maximum atomic E-state index is 4.56. The predicted octanol–water partition coefficient (Wildman–Crippen LogP) is 4.92. The van der Waals surface area contributed by atoms with Gasteiger partial charge in [-0.15, -0.1) is 0 Å². The van der Waals surface area contributed by atoms with Gasteiger partial charge in [-0.25, -0.2) is 0 Å². The van der Waals surface area contributed by atoms with Crippen LogP contribution in [0, 0.1) is 11.8 Å². The molecule has 1 atom stereocenters. The zero-order valence-electron chi connectivity index (χ0n) is 13.7. The first-order chi connectivity index (χ1) is 10.2. The number of hydrogen-bond acceptors (Lipinski definition) is 2. The predicted molar refractivity (Wildman–Crippen MR) is 92.4 cm³/mol. The van der Waals surface area contributed by atoms with Crippen LogP contribution in [0.1, 0.15) is 71.0 Å². The summed E-state index contributed by atoms with van der Waals surface area (Å²) in [6.07, 6.45) is 9.91. The Kier molecular flexibility index (Phi) is 6.74. The quantitative estimate of drug-likeness (QED) is 0.751. The highest BCUT2D eigenvalue weighted by Crippen LogP contribution is 2.39. The van der Waals surface area contributed by atoms with E-state index in [0.29, 0.717) is 6.04 Å². The third-order valence-corrected chi connectivity index (χ3v) is 5.54. The summed E-state index contributed by atoms with van der Waals surface area (Å²) in [5, 5.41) is 8.30. The molecule has 1 saturated carbocycles. The fourth-order valence-corrected chi connectivity index (χ4v) is 4.25. The highest BCUT2D eigenvalue weighted by atomic mass is 79.9. The van der Waals surface area contributed by atoms with Gasteiger partial charge >= 0.3 is 0 Å². The molecule has 2 rings (SSSR count). The van der Waals surface area contributed by atoms with Gasteiger partial charge in [0.25, 0.3) is 0 Å². The second kappa shape index (κ2) is 8.33. The first-order valence-corrected chi connectivity index (χ1v) is 9.45. The minimum absolute atomic E-state index is 0.441. The Bertz CT molecular complexity index is 422. The molecular formula is C17H30BrN3. The molecular weight excluding hydrogens is 326 g/mol. The minimum atomic E-state index is 0.441. The molecule has 0 radical (unpaired) electrons. The number of nitrogens with zero attached hydrogens (tertiary/aromatic N) is 2. The first kappa shape index (κ1) is 17.0. The van der Waals surface area contributed by atoms with E-state index >= 15 is 0 Å². The van der Waals surface area contributed by atoms with E-state index in [1.54, 1.807) is 0 Å². The van der Waals surface area contributed by atoms with Crippen molar-refractivity contribution < 1.29 is 0 Å². The molecule has 21 heavy (non-hydrogen) atoms. The van der Waals surface area contributed by atoms with Crippen LogP contribution in [0.15, 0.2) is 10.7 Å². The van der Waals surface area contributed by atoms with Gasteiger partial charge in [-0.2, -0.15) is 5.10 Å². The van der Waals surface area contributed by atoms with E-state index in [-0.39, 0.29) is 0 Å². The van der Waals surface area contributed by atoms with Gasteiger partial charge in [-0.1, -0.05) is 40.0 Å². The van der Waals surface area contributed by atoms with E-state index in [1.165, 1.54) is 42.3 Å². The van der Waals surface area contributed by atoms with Gasteiger partial charge < -0.3 is 5.32 Å². The molecule has 0 aliphatic heterocycles. The molecule has 0 aromatic carbocycles. The molecule has 4 heteroatoms. The summed E-state index contributed by atoms with van der Waals surface area (Å²) in [5.74, 6) is 1.70. The van der Waals surface area contributed by atoms with E-state index in [1.807, 2.05) is 6.20 Å². The zero-order valence-corrected chi connectivity index (χ0v) is 15.3. The van der Waals surface area contributed by atoms with Crippen LogP contribution in [-0.4, -0.2) is 16.3 Å². The standard InChI is InChI=1S/C17H30BrN3/c1-4-11-21-17(15(18)12-20-21)16(19-6-3)14-9-7-13(5-2)8-10-14/h12-14,16,19H,4-11H2,1-3H3. The number of aryl methyl sites for hydroxylation is 1. The Balaban J connectivity index is 2.17. The summed E-state index contributed by atoms with van der Waals surface area (Å²) in [4.78, 5) is 0. The minimum Gasteiger partial charge on any atom is -0.309 e. The van der Waals surface area contributed by atoms with Crippen LogP contribution in [-0.2, 0) is 6.54 Å². The molecule has 1 aromatic heterocycles. The summed E-state index contributed by atoms with van der Waals surface area (Å²) < 4.78 is 3.36. The number of aromatic nitrogens is 2. The normalized spacial score (nSPS) is 24.2. The van der Waals surface area contributed by atoms with Crippen LogP contribution in [0.3, 0.4) is 0 Å². The van der Waals surface area contributed by atoms with Gasteiger partial charge in [0, 0.05) is 6.54 Å². The van der Waals surface area contributed by atoms with Crippen molar-refractivity contribution in [1.29, 1.82) is 0 Å². The maximum Gasteiger partial charge on any atom is 0.0698 e. The van der Waals surface area contributed by atoms with Crippen molar-refractivity contribution >= 4 is 15.9 Å². The van der Waals surface area contributed by atoms with Crippen LogP contribution in [0.5, 0.6) is 0 Å². The molecule has 1 N–H and O–H groups in total. The molecule has 1 aromatic rings. The number of nitrogens with one attached hydrogen (secondary N) is 1. The Hall–Kier alpha value is -0.350. The summed E-state index contributed by atoms with van der Waals surface area (Å²) in [6.45, 7) is 8.78. The topological polar surface area (TPSA) is 29.9 Å². The molecule has 3 nitrogen and oxygen atoms in total. The SMILES string of the molecule is CCCn1ncc(Br)c1C(NCC)C1CCC(CC)CC1. The molecule has 1 fully saturated rings. The second-order valence-corrected chi connectivity index (χ2v) is 7.18. The lowest BCUT2D eigenvalue weighted by Crippen LogP contribution is -2.33. The van der Waals surface area contributed by atoms with Gasteiger partial charge in [-0.05, 0) is 53.6 Å². The smallest absolute Gasteiger partial charge is 0.0698 e. The Morgan fingerprint density at radius 1 is 1.29 bits per heavy atom. The van der Waals surface area contributed by atoms with Crippen LogP contribution in [0.2, 0.25) is 0 Å². The van der Waals surface area contributed by atoms with Gasteiger partial charge in [0.15, 0.2) is 0 Å². The maximum absolute atomic E-state index is 4.56. The average Bonchev–Trinajstić information content (AvgIpc) is 2.86. The molecule has 120 valence electrons. The third kappa shape index (κ3) is 4.10. The van der Waals surface area contributed by atoms with E-state index < -0.39 is 0 Å². The van der Waals surface area contributed by atoms with Crippen LogP contribution >= 0.6 is 15.9 Å². The molecule has 0 bridgehead atoms. The van der Waals surface area contributed by atoms with E-state index in [9.17, 15) is 0 Å². The van der Waals surface area contributed by atoms with E-state index in [0.717, 1.165) is 31.3 Å². The molecule has 1 heterocycles. The van der Waals surface area contributed by atoms with Gasteiger partial charge in [0.05, 0.1) is 22.4 Å². The monoisotopic (exact) mass is 355 g/mol. The van der Waals surface area contributed by atoms with Crippen LogP contribution in [0.25, 0.3) is 0 Å². The molecule has 0 saturated heterocycles. The van der Waals surface area contributed by atoms with Gasteiger partial charge in [-0.3, -0.25) is 4.68 Å². The summed E-state index contributed by atoms with van der Waals surface area (Å²) in [7, 11) is 0. The fraction of sp³-hybridized carbons (Fsp3) is 0.824. The number of rotatable bonds is 7. The largest absolute Gasteiger partial charge is 0.309 e. The lowest BCUT2D eigenvalue weighted by molar-refractivity contribution is 0.213. The fourth-order valence-electron chi connectivity index (χ4n) is 3.71. The van der Waals surface area contributed by atoms with Crippen molar-refractivity contribution in [2.45, 2.75) is 71.9 Å². The molecule has 0 spiro atoms. The van der Waals surface area contributed by atoms with E-state index in [4.69, 9.17) is 0 Å². The second-order valence-electron chi connectivity index (χ2n) is 6.33. The Labute approximate surface area is 138 Å². The zero-order chi connectivity index (χ0) is 15.2. The number of halogens is 1. The van der Waals surface area contributed by atoms with Crippen LogP contribution < -0.4 is 5.32 Å². The summed E-state index contributed by atoms with van der Waals surface area (Å²) >= 11 is 3.73. The van der Waals surface area contributed by atoms with Gasteiger partial charge in [0.2, 0.25) is 0 Å². The molecule has 0 amide bonds. The highest BCUT2D eigenvalue weighted by Gasteiger charge is 2.30. The molecule has 1 aliphatic rings. The van der Waals surface area contributed by atoms with Crippen molar-refractivity contribution in [3.63, 3.8) is 0 Å². The number of hydrogen-bond donors (Lipinski definition) is 1. The van der Waals surface area contributed by atoms with Gasteiger partial charge in [0.1, 0.15) is 0 Å². The third-order valence-electron chi connectivity index (χ3n) is 4.93. The Morgan fingerprint density at radius 3 is 2.57 bits per heavy atom. The van der Waals surface area contributed by atoms with Crippen molar-refractivity contribution in [3.8, 4) is 0 Å². The average molecular weight is 356 g/mol.